The molecule has 0 bridgehead atoms. The van der Waals surface area contributed by atoms with E-state index in [-0.39, 0.29) is 5.92 Å². The third-order valence-corrected chi connectivity index (χ3v) is 2.83. The summed E-state index contributed by atoms with van der Waals surface area (Å²) >= 11 is 0. The largest absolute Gasteiger partial charge is 0.414 e. The van der Waals surface area contributed by atoms with Gasteiger partial charge >= 0.3 is 6.18 Å². The molecule has 1 unspecified atom stereocenters. The van der Waals surface area contributed by atoms with Crippen molar-refractivity contribution in [3.63, 3.8) is 0 Å². The Labute approximate surface area is 86.5 Å². The quantitative estimate of drug-likeness (QED) is 0.799. The fourth-order valence-electron chi connectivity index (χ4n) is 1.90. The van der Waals surface area contributed by atoms with Gasteiger partial charge in [-0.1, -0.05) is 19.3 Å². The summed E-state index contributed by atoms with van der Waals surface area (Å²) < 4.78 is 35.9. The maximum atomic E-state index is 12.0. The van der Waals surface area contributed by atoms with Crippen molar-refractivity contribution in [1.29, 1.82) is 0 Å². The molecule has 2 nitrogen and oxygen atoms in total. The Morgan fingerprint density at radius 2 is 1.80 bits per heavy atom. The Bertz CT molecular complexity index is 219. The zero-order valence-corrected chi connectivity index (χ0v) is 8.39. The summed E-state index contributed by atoms with van der Waals surface area (Å²) in [6.07, 6.45) is -3.76. The lowest BCUT2D eigenvalue weighted by atomic mass is 9.84. The van der Waals surface area contributed by atoms with E-state index in [0.29, 0.717) is 12.8 Å². The highest BCUT2D eigenvalue weighted by molar-refractivity contribution is 5.81. The van der Waals surface area contributed by atoms with E-state index in [4.69, 9.17) is 5.11 Å². The van der Waals surface area contributed by atoms with Gasteiger partial charge in [-0.25, -0.2) is 0 Å². The Morgan fingerprint density at radius 1 is 1.27 bits per heavy atom. The first-order valence-corrected chi connectivity index (χ1v) is 5.18. The Hall–Kier alpha value is -0.580. The van der Waals surface area contributed by atoms with E-state index in [1.54, 1.807) is 0 Å². The molecule has 5 heteroatoms. The molecule has 0 aromatic heterocycles. The van der Waals surface area contributed by atoms with Crippen molar-refractivity contribution in [3.05, 3.63) is 0 Å². The molecular weight excluding hydrogens is 209 g/mol. The second-order valence-electron chi connectivity index (χ2n) is 4.06. The van der Waals surface area contributed by atoms with Crippen molar-refractivity contribution < 1.29 is 23.1 Å². The van der Waals surface area contributed by atoms with Crippen molar-refractivity contribution >= 4 is 5.78 Å². The minimum atomic E-state index is -4.68. The van der Waals surface area contributed by atoms with E-state index in [0.717, 1.165) is 19.3 Å². The van der Waals surface area contributed by atoms with Gasteiger partial charge in [0, 0.05) is 12.3 Å². The number of alkyl halides is 3. The van der Waals surface area contributed by atoms with Crippen molar-refractivity contribution in [2.24, 2.45) is 5.92 Å². The van der Waals surface area contributed by atoms with Crippen LogP contribution in [0, 0.1) is 5.92 Å². The lowest BCUT2D eigenvalue weighted by molar-refractivity contribution is -0.206. The number of carbonyl (C=O) groups is 1. The third kappa shape index (κ3) is 3.81. The molecule has 88 valence electrons. The number of aliphatic hydroxyl groups excluding tert-OH is 1. The molecule has 0 radical (unpaired) electrons. The maximum Gasteiger partial charge on any atom is 0.414 e. The number of rotatable bonds is 3. The highest BCUT2D eigenvalue weighted by Gasteiger charge is 2.40. The third-order valence-electron chi connectivity index (χ3n) is 2.83. The number of Topliss-reactive ketones (excluding diaryl/α,β-unsaturated/α-hetero) is 1. The van der Waals surface area contributed by atoms with Gasteiger partial charge in [0.25, 0.3) is 0 Å². The number of hydrogen-bond acceptors (Lipinski definition) is 2. The Kier molecular flexibility index (Phi) is 4.13. The summed E-state index contributed by atoms with van der Waals surface area (Å²) in [6, 6.07) is 0. The molecule has 1 aliphatic rings. The maximum absolute atomic E-state index is 12.0. The second-order valence-corrected chi connectivity index (χ2v) is 4.06. The van der Waals surface area contributed by atoms with Crippen LogP contribution in [-0.4, -0.2) is 23.2 Å². The molecule has 0 saturated heterocycles. The fourth-order valence-corrected chi connectivity index (χ4v) is 1.90. The predicted molar refractivity (Wildman–Crippen MR) is 48.3 cm³/mol. The number of hydrogen-bond donors (Lipinski definition) is 1. The van der Waals surface area contributed by atoms with Crippen molar-refractivity contribution in [1.82, 2.24) is 0 Å². The van der Waals surface area contributed by atoms with Gasteiger partial charge in [-0.05, 0) is 12.8 Å². The number of carbonyl (C=O) groups excluding carboxylic acids is 1. The van der Waals surface area contributed by atoms with Gasteiger partial charge in [0.2, 0.25) is 0 Å². The summed E-state index contributed by atoms with van der Waals surface area (Å²) in [7, 11) is 0. The van der Waals surface area contributed by atoms with E-state index < -0.39 is 24.5 Å². The average molecular weight is 224 g/mol. The van der Waals surface area contributed by atoms with Gasteiger partial charge < -0.3 is 5.11 Å². The smallest absolute Gasteiger partial charge is 0.383 e. The van der Waals surface area contributed by atoms with Crippen molar-refractivity contribution in [2.75, 3.05) is 0 Å². The lowest BCUT2D eigenvalue weighted by Crippen LogP contribution is -2.33. The van der Waals surface area contributed by atoms with E-state index >= 15 is 0 Å². The second kappa shape index (κ2) is 4.96. The predicted octanol–water partition coefficient (Wildman–Crippen LogP) is 2.45. The van der Waals surface area contributed by atoms with Crippen LogP contribution >= 0.6 is 0 Å². The Morgan fingerprint density at radius 3 is 2.27 bits per heavy atom. The van der Waals surface area contributed by atoms with Crippen LogP contribution in [0.2, 0.25) is 0 Å². The number of aliphatic hydroxyl groups is 1. The monoisotopic (exact) mass is 224 g/mol. The molecule has 0 spiro atoms. The van der Waals surface area contributed by atoms with Gasteiger partial charge in [-0.15, -0.1) is 0 Å². The van der Waals surface area contributed by atoms with E-state index in [1.165, 1.54) is 0 Å². The summed E-state index contributed by atoms with van der Waals surface area (Å²) in [5, 5.41) is 8.74. The molecule has 15 heavy (non-hydrogen) atoms. The molecule has 0 aromatic carbocycles. The van der Waals surface area contributed by atoms with Gasteiger partial charge in [0.15, 0.2) is 6.10 Å². The molecule has 1 atom stereocenters. The molecule has 1 rings (SSSR count). The van der Waals surface area contributed by atoms with Crippen LogP contribution in [0.15, 0.2) is 0 Å². The summed E-state index contributed by atoms with van der Waals surface area (Å²) in [5.41, 5.74) is 0. The number of ketones is 1. The van der Waals surface area contributed by atoms with E-state index in [9.17, 15) is 18.0 Å². The topological polar surface area (TPSA) is 37.3 Å². The SMILES string of the molecule is O=C(CC(O)C(F)(F)F)C1CCCCC1. The zero-order chi connectivity index (χ0) is 11.5. The molecule has 0 amide bonds. The molecule has 0 aromatic rings. The van der Waals surface area contributed by atoms with Crippen LogP contribution in [0.1, 0.15) is 38.5 Å². The van der Waals surface area contributed by atoms with Crippen LogP contribution in [0.4, 0.5) is 13.2 Å². The van der Waals surface area contributed by atoms with Gasteiger partial charge in [0.1, 0.15) is 5.78 Å². The average Bonchev–Trinajstić information content (AvgIpc) is 2.17. The van der Waals surface area contributed by atoms with Crippen molar-refractivity contribution in [2.45, 2.75) is 50.8 Å². The highest BCUT2D eigenvalue weighted by atomic mass is 19.4. The van der Waals surface area contributed by atoms with Crippen LogP contribution in [-0.2, 0) is 4.79 Å². The first-order valence-electron chi connectivity index (χ1n) is 5.18. The van der Waals surface area contributed by atoms with Crippen LogP contribution in [0.5, 0.6) is 0 Å². The molecule has 0 aliphatic heterocycles. The number of halogens is 3. The van der Waals surface area contributed by atoms with Crippen LogP contribution in [0.3, 0.4) is 0 Å². The van der Waals surface area contributed by atoms with Gasteiger partial charge in [0.05, 0.1) is 0 Å². The van der Waals surface area contributed by atoms with Gasteiger partial charge in [-0.3, -0.25) is 4.79 Å². The molecule has 1 aliphatic carbocycles. The lowest BCUT2D eigenvalue weighted by Gasteiger charge is -2.22. The van der Waals surface area contributed by atoms with E-state index in [1.807, 2.05) is 0 Å². The summed E-state index contributed by atoms with van der Waals surface area (Å²) in [5.74, 6) is -0.713. The Balaban J connectivity index is 2.40. The first-order chi connectivity index (χ1) is 6.91. The summed E-state index contributed by atoms with van der Waals surface area (Å²) in [6.45, 7) is 0. The van der Waals surface area contributed by atoms with E-state index in [2.05, 4.69) is 0 Å². The first kappa shape index (κ1) is 12.5. The normalized spacial score (nSPS) is 21.3. The summed E-state index contributed by atoms with van der Waals surface area (Å²) in [4.78, 5) is 11.4. The zero-order valence-electron chi connectivity index (χ0n) is 8.39. The highest BCUT2D eigenvalue weighted by Crippen LogP contribution is 2.28. The van der Waals surface area contributed by atoms with Crippen LogP contribution in [0.25, 0.3) is 0 Å². The van der Waals surface area contributed by atoms with Crippen molar-refractivity contribution in [3.8, 4) is 0 Å². The molecule has 1 fully saturated rings. The molecular formula is C10H15F3O2. The minimum Gasteiger partial charge on any atom is -0.383 e. The molecule has 1 saturated carbocycles. The minimum absolute atomic E-state index is 0.268. The van der Waals surface area contributed by atoms with Gasteiger partial charge in [-0.2, -0.15) is 13.2 Å². The molecule has 0 heterocycles. The fraction of sp³-hybridized carbons (Fsp3) is 0.900. The van der Waals surface area contributed by atoms with Crippen LogP contribution < -0.4 is 0 Å². The standard InChI is InChI=1S/C10H15F3O2/c11-10(12,13)9(15)6-8(14)7-4-2-1-3-5-7/h7,9,15H,1-6H2. The molecule has 1 N–H and O–H groups in total.